The van der Waals surface area contributed by atoms with Gasteiger partial charge in [0.15, 0.2) is 5.65 Å². The van der Waals surface area contributed by atoms with E-state index in [4.69, 9.17) is 0 Å². The number of imidazole rings is 1. The second-order valence-corrected chi connectivity index (χ2v) is 4.08. The molecule has 0 bridgehead atoms. The first-order chi connectivity index (χ1) is 7.24. The summed E-state index contributed by atoms with van der Waals surface area (Å²) in [7, 11) is 0. The highest BCUT2D eigenvalue weighted by molar-refractivity contribution is 9.10. The molecule has 2 aromatic heterocycles. The molecule has 0 radical (unpaired) electrons. The summed E-state index contributed by atoms with van der Waals surface area (Å²) in [5.41, 5.74) is 1.64. The van der Waals surface area contributed by atoms with E-state index in [0.717, 1.165) is 15.4 Å². The molecule has 0 saturated carbocycles. The van der Waals surface area contributed by atoms with Crippen molar-refractivity contribution in [3.05, 3.63) is 33.2 Å². The third-order valence-corrected chi connectivity index (χ3v) is 2.69. The molecule has 2 N–H and O–H groups in total. The fourth-order valence-corrected chi connectivity index (χ4v) is 1.90. The number of H-pyrrole nitrogens is 2. The van der Waals surface area contributed by atoms with Gasteiger partial charge in [0, 0.05) is 9.86 Å². The Morgan fingerprint density at radius 1 is 1.20 bits per heavy atom. The Bertz CT molecular complexity index is 715. The minimum Gasteiger partial charge on any atom is -0.304 e. The summed E-state index contributed by atoms with van der Waals surface area (Å²) in [5, 5.41) is 8.78. The topological polar surface area (TPSA) is 74.4 Å². The molecule has 0 unspecified atom stereocenters. The Labute approximate surface area is 91.7 Å². The van der Waals surface area contributed by atoms with Gasteiger partial charge in [-0.2, -0.15) is 0 Å². The molecule has 15 heavy (non-hydrogen) atoms. The normalized spacial score (nSPS) is 11.3. The Balaban J connectivity index is 2.62. The molecule has 74 valence electrons. The van der Waals surface area contributed by atoms with Gasteiger partial charge in [-0.3, -0.25) is 4.98 Å². The van der Waals surface area contributed by atoms with Crippen LogP contribution in [0.25, 0.3) is 22.1 Å². The third kappa shape index (κ3) is 1.25. The standard InChI is InChI=1S/C9H5BrN4O/c10-4-1-2-6-5(3-4)7-8(14-13-6)12-9(15)11-7/h1-3H,(H2,11,12,14,15). The summed E-state index contributed by atoms with van der Waals surface area (Å²) in [6.07, 6.45) is 0. The van der Waals surface area contributed by atoms with Crippen LogP contribution in [0.15, 0.2) is 27.5 Å². The molecule has 0 aliphatic carbocycles. The van der Waals surface area contributed by atoms with Crippen molar-refractivity contribution in [2.75, 3.05) is 0 Å². The summed E-state index contributed by atoms with van der Waals surface area (Å²) in [6.45, 7) is 0. The van der Waals surface area contributed by atoms with E-state index in [9.17, 15) is 4.79 Å². The molecule has 0 fully saturated rings. The molecule has 0 aliphatic heterocycles. The Kier molecular flexibility index (Phi) is 1.66. The molecular weight excluding hydrogens is 260 g/mol. The van der Waals surface area contributed by atoms with Crippen molar-refractivity contribution in [2.24, 2.45) is 0 Å². The van der Waals surface area contributed by atoms with Gasteiger partial charge in [0.1, 0.15) is 0 Å². The van der Waals surface area contributed by atoms with E-state index < -0.39 is 0 Å². The van der Waals surface area contributed by atoms with Crippen molar-refractivity contribution < 1.29 is 0 Å². The zero-order valence-corrected chi connectivity index (χ0v) is 9.00. The van der Waals surface area contributed by atoms with Gasteiger partial charge in [0.2, 0.25) is 0 Å². The lowest BCUT2D eigenvalue weighted by Gasteiger charge is -1.97. The molecule has 0 aliphatic rings. The number of benzene rings is 1. The van der Waals surface area contributed by atoms with Crippen LogP contribution in [-0.2, 0) is 0 Å². The van der Waals surface area contributed by atoms with Crippen molar-refractivity contribution in [1.29, 1.82) is 0 Å². The number of halogens is 1. The summed E-state index contributed by atoms with van der Waals surface area (Å²) in [6, 6.07) is 5.63. The molecule has 0 saturated heterocycles. The summed E-state index contributed by atoms with van der Waals surface area (Å²) in [4.78, 5) is 16.4. The Morgan fingerprint density at radius 3 is 2.93 bits per heavy atom. The van der Waals surface area contributed by atoms with Crippen molar-refractivity contribution in [2.45, 2.75) is 0 Å². The van der Waals surface area contributed by atoms with Crippen molar-refractivity contribution in [3.63, 3.8) is 0 Å². The van der Waals surface area contributed by atoms with Gasteiger partial charge < -0.3 is 4.98 Å². The number of fused-ring (bicyclic) bond motifs is 3. The number of nitrogens with one attached hydrogen (secondary N) is 2. The molecular formula is C9H5BrN4O. The number of hydrogen-bond acceptors (Lipinski definition) is 3. The smallest absolute Gasteiger partial charge is 0.304 e. The van der Waals surface area contributed by atoms with Crippen LogP contribution in [0.1, 0.15) is 0 Å². The molecule has 0 atom stereocenters. The number of hydrogen-bond donors (Lipinski definition) is 2. The Morgan fingerprint density at radius 2 is 2.07 bits per heavy atom. The average Bonchev–Trinajstić information content (AvgIpc) is 2.58. The van der Waals surface area contributed by atoms with Crippen LogP contribution in [0, 0.1) is 0 Å². The second kappa shape index (κ2) is 2.90. The van der Waals surface area contributed by atoms with Crippen LogP contribution in [0.3, 0.4) is 0 Å². The van der Waals surface area contributed by atoms with E-state index in [2.05, 4.69) is 36.1 Å². The zero-order chi connectivity index (χ0) is 10.4. The van der Waals surface area contributed by atoms with Crippen molar-refractivity contribution in [3.8, 4) is 0 Å². The van der Waals surface area contributed by atoms with Crippen LogP contribution in [0.5, 0.6) is 0 Å². The number of aromatic nitrogens is 4. The first kappa shape index (κ1) is 8.60. The van der Waals surface area contributed by atoms with Gasteiger partial charge in [0.25, 0.3) is 0 Å². The first-order valence-corrected chi connectivity index (χ1v) is 5.07. The van der Waals surface area contributed by atoms with E-state index in [-0.39, 0.29) is 5.69 Å². The number of nitrogens with zero attached hydrogens (tertiary/aromatic N) is 2. The molecule has 5 nitrogen and oxygen atoms in total. The number of rotatable bonds is 0. The van der Waals surface area contributed by atoms with Crippen molar-refractivity contribution in [1.82, 2.24) is 20.2 Å². The van der Waals surface area contributed by atoms with Gasteiger partial charge in [-0.05, 0) is 18.2 Å². The van der Waals surface area contributed by atoms with E-state index in [1.807, 2.05) is 18.2 Å². The predicted molar refractivity (Wildman–Crippen MR) is 59.7 cm³/mol. The maximum Gasteiger partial charge on any atom is 0.325 e. The minimum absolute atomic E-state index is 0.272. The van der Waals surface area contributed by atoms with E-state index in [1.165, 1.54) is 0 Å². The van der Waals surface area contributed by atoms with Gasteiger partial charge in [0.05, 0.1) is 11.0 Å². The predicted octanol–water partition coefficient (Wildman–Crippen LogP) is 1.56. The van der Waals surface area contributed by atoms with E-state index in [0.29, 0.717) is 11.2 Å². The van der Waals surface area contributed by atoms with Gasteiger partial charge >= 0.3 is 5.69 Å². The summed E-state index contributed by atoms with van der Waals surface area (Å²) >= 11 is 3.37. The highest BCUT2D eigenvalue weighted by Gasteiger charge is 2.06. The van der Waals surface area contributed by atoms with Crippen LogP contribution in [-0.4, -0.2) is 20.2 Å². The summed E-state index contributed by atoms with van der Waals surface area (Å²) in [5.74, 6) is 0. The fourth-order valence-electron chi connectivity index (χ4n) is 1.54. The van der Waals surface area contributed by atoms with Crippen LogP contribution in [0.2, 0.25) is 0 Å². The molecule has 2 heterocycles. The maximum absolute atomic E-state index is 11.1. The fraction of sp³-hybridized carbons (Fsp3) is 0. The molecule has 0 spiro atoms. The van der Waals surface area contributed by atoms with Crippen LogP contribution >= 0.6 is 15.9 Å². The second-order valence-electron chi connectivity index (χ2n) is 3.16. The third-order valence-electron chi connectivity index (χ3n) is 2.19. The average molecular weight is 265 g/mol. The van der Waals surface area contributed by atoms with Crippen LogP contribution < -0.4 is 5.69 Å². The van der Waals surface area contributed by atoms with Gasteiger partial charge in [-0.25, -0.2) is 4.79 Å². The van der Waals surface area contributed by atoms with Crippen LogP contribution in [0.4, 0.5) is 0 Å². The molecule has 1 aromatic carbocycles. The highest BCUT2D eigenvalue weighted by atomic mass is 79.9. The maximum atomic E-state index is 11.1. The lowest BCUT2D eigenvalue weighted by atomic mass is 10.2. The first-order valence-electron chi connectivity index (χ1n) is 4.28. The number of aromatic amines is 2. The SMILES string of the molecule is O=c1[nH]c2nnc3ccc(Br)cc3c2[nH]1. The van der Waals surface area contributed by atoms with Gasteiger partial charge in [-0.15, -0.1) is 10.2 Å². The summed E-state index contributed by atoms with van der Waals surface area (Å²) < 4.78 is 0.936. The quantitative estimate of drug-likeness (QED) is 0.647. The monoisotopic (exact) mass is 264 g/mol. The lowest BCUT2D eigenvalue weighted by Crippen LogP contribution is -1.99. The minimum atomic E-state index is -0.272. The van der Waals surface area contributed by atoms with E-state index >= 15 is 0 Å². The molecule has 3 rings (SSSR count). The molecule has 3 aromatic rings. The largest absolute Gasteiger partial charge is 0.325 e. The van der Waals surface area contributed by atoms with Crippen molar-refractivity contribution >= 4 is 38.0 Å². The zero-order valence-electron chi connectivity index (χ0n) is 7.41. The van der Waals surface area contributed by atoms with Gasteiger partial charge in [-0.1, -0.05) is 15.9 Å². The highest BCUT2D eigenvalue weighted by Crippen LogP contribution is 2.21. The molecule has 6 heteroatoms. The lowest BCUT2D eigenvalue weighted by molar-refractivity contribution is 1.09. The molecule has 0 amide bonds. The van der Waals surface area contributed by atoms with E-state index in [1.54, 1.807) is 0 Å². The Hall–Kier alpha value is -1.69.